The lowest BCUT2D eigenvalue weighted by molar-refractivity contribution is -0.887. The van der Waals surface area contributed by atoms with E-state index in [1.54, 1.807) is 0 Å². The number of rotatable bonds is 0. The molecular weight excluding hydrogens is 118 g/mol. The van der Waals surface area contributed by atoms with Gasteiger partial charge in [-0.3, -0.25) is 0 Å². The zero-order chi connectivity index (χ0) is 6.20. The molecule has 0 aromatic carbocycles. The summed E-state index contributed by atoms with van der Waals surface area (Å²) in [6.45, 7) is 1.30. The molecule has 1 aliphatic heterocycles. The third kappa shape index (κ3) is 1.00. The van der Waals surface area contributed by atoms with E-state index >= 15 is 0 Å². The number of thiol groups is 1. The van der Waals surface area contributed by atoms with E-state index in [0.717, 1.165) is 4.48 Å². The predicted octanol–water partition coefficient (Wildman–Crippen LogP) is 1.11. The highest BCUT2D eigenvalue weighted by molar-refractivity contribution is 7.80. The molecule has 0 aromatic rings. The zero-order valence-electron chi connectivity index (χ0n) is 5.59. The molecule has 0 aromatic heterocycles. The van der Waals surface area contributed by atoms with Crippen molar-refractivity contribution in [2.45, 2.75) is 18.2 Å². The fourth-order valence-corrected chi connectivity index (χ4v) is 1.48. The fourth-order valence-electron chi connectivity index (χ4n) is 1.18. The van der Waals surface area contributed by atoms with Gasteiger partial charge in [0.2, 0.25) is 0 Å². The minimum Gasteiger partial charge on any atom is -0.318 e. The summed E-state index contributed by atoms with van der Waals surface area (Å²) in [5.74, 6) is 0. The van der Waals surface area contributed by atoms with E-state index in [-0.39, 0.29) is 0 Å². The van der Waals surface area contributed by atoms with Gasteiger partial charge in [-0.2, -0.15) is 0 Å². The molecule has 1 nitrogen and oxygen atoms in total. The zero-order valence-corrected chi connectivity index (χ0v) is 6.49. The molecule has 0 radical (unpaired) electrons. The first-order valence-electron chi connectivity index (χ1n) is 3.14. The molecule has 1 rings (SSSR count). The molecule has 2 heteroatoms. The van der Waals surface area contributed by atoms with Crippen LogP contribution in [0.2, 0.25) is 0 Å². The monoisotopic (exact) mass is 132 g/mol. The summed E-state index contributed by atoms with van der Waals surface area (Å²) >= 11 is 4.45. The van der Waals surface area contributed by atoms with Crippen LogP contribution in [0.4, 0.5) is 0 Å². The van der Waals surface area contributed by atoms with Crippen LogP contribution in [0.1, 0.15) is 12.8 Å². The molecule has 1 heterocycles. The van der Waals surface area contributed by atoms with Crippen LogP contribution in [0.5, 0.6) is 0 Å². The van der Waals surface area contributed by atoms with Gasteiger partial charge >= 0.3 is 0 Å². The Balaban J connectivity index is 2.54. The van der Waals surface area contributed by atoms with Gasteiger partial charge in [-0.15, -0.1) is 12.6 Å². The topological polar surface area (TPSA) is 0 Å². The van der Waals surface area contributed by atoms with Gasteiger partial charge in [0.15, 0.2) is 0 Å². The molecule has 48 valence electrons. The summed E-state index contributed by atoms with van der Waals surface area (Å²) in [6.07, 6.45) is 2.64. The van der Waals surface area contributed by atoms with Gasteiger partial charge < -0.3 is 4.48 Å². The molecule has 0 amide bonds. The van der Waals surface area contributed by atoms with Crippen molar-refractivity contribution < 1.29 is 4.48 Å². The maximum Gasteiger partial charge on any atom is 0.132 e. The molecule has 0 aliphatic carbocycles. The normalized spacial score (nSPS) is 35.6. The van der Waals surface area contributed by atoms with Crippen LogP contribution in [-0.2, 0) is 0 Å². The molecule has 8 heavy (non-hydrogen) atoms. The molecular formula is C6H14NS+. The van der Waals surface area contributed by atoms with Gasteiger partial charge in [-0.25, -0.2) is 0 Å². The van der Waals surface area contributed by atoms with Gasteiger partial charge in [0.1, 0.15) is 5.37 Å². The molecule has 1 atom stereocenters. The number of likely N-dealkylation sites (tertiary alicyclic amines) is 1. The molecule has 1 fully saturated rings. The van der Waals surface area contributed by atoms with Crippen LogP contribution in [-0.4, -0.2) is 30.5 Å². The summed E-state index contributed by atoms with van der Waals surface area (Å²) in [5, 5.41) is 0.593. The Morgan fingerprint density at radius 2 is 2.12 bits per heavy atom. The average molecular weight is 132 g/mol. The maximum absolute atomic E-state index is 4.45. The molecule has 0 spiro atoms. The minimum atomic E-state index is 0.593. The Kier molecular flexibility index (Phi) is 1.54. The standard InChI is InChI=1S/C6H13NS/c1-7(2)5-3-4-6(7)8/h6H,3-5H2,1-2H3/p+1. The third-order valence-corrected chi connectivity index (χ3v) is 2.89. The van der Waals surface area contributed by atoms with Gasteiger partial charge in [-0.05, 0) is 0 Å². The number of quaternary nitrogens is 1. The molecule has 0 N–H and O–H groups in total. The molecule has 0 saturated carbocycles. The largest absolute Gasteiger partial charge is 0.318 e. The van der Waals surface area contributed by atoms with Crippen LogP contribution in [0.15, 0.2) is 0 Å². The fraction of sp³-hybridized carbons (Fsp3) is 1.00. The number of hydrogen-bond acceptors (Lipinski definition) is 1. The van der Waals surface area contributed by atoms with Crippen LogP contribution in [0.3, 0.4) is 0 Å². The summed E-state index contributed by atoms with van der Waals surface area (Å²) in [7, 11) is 4.48. The van der Waals surface area contributed by atoms with Crippen molar-refractivity contribution in [1.29, 1.82) is 0 Å². The Bertz CT molecular complexity index is 90.5. The lowest BCUT2D eigenvalue weighted by Crippen LogP contribution is -2.40. The van der Waals surface area contributed by atoms with E-state index < -0.39 is 0 Å². The smallest absolute Gasteiger partial charge is 0.132 e. The molecule has 1 aliphatic rings. The second-order valence-electron chi connectivity index (χ2n) is 3.13. The van der Waals surface area contributed by atoms with Crippen molar-refractivity contribution in [3.63, 3.8) is 0 Å². The molecule has 0 bridgehead atoms. The first kappa shape index (κ1) is 6.43. The summed E-state index contributed by atoms with van der Waals surface area (Å²) in [5.41, 5.74) is 0. The van der Waals surface area contributed by atoms with E-state index in [0.29, 0.717) is 5.37 Å². The van der Waals surface area contributed by atoms with Crippen molar-refractivity contribution in [2.75, 3.05) is 20.6 Å². The molecule has 1 unspecified atom stereocenters. The van der Waals surface area contributed by atoms with E-state index in [9.17, 15) is 0 Å². The van der Waals surface area contributed by atoms with Gasteiger partial charge in [0.25, 0.3) is 0 Å². The van der Waals surface area contributed by atoms with Crippen molar-refractivity contribution >= 4 is 12.6 Å². The second-order valence-corrected chi connectivity index (χ2v) is 3.72. The number of nitrogens with zero attached hydrogens (tertiary/aromatic N) is 1. The summed E-state index contributed by atoms with van der Waals surface area (Å²) in [6, 6.07) is 0. The van der Waals surface area contributed by atoms with E-state index in [2.05, 4.69) is 26.7 Å². The van der Waals surface area contributed by atoms with Gasteiger partial charge in [-0.1, -0.05) is 0 Å². The predicted molar refractivity (Wildman–Crippen MR) is 39.0 cm³/mol. The SMILES string of the molecule is C[N+]1(C)CCCC1S. The lowest BCUT2D eigenvalue weighted by Gasteiger charge is -2.27. The maximum atomic E-state index is 4.45. The molecule has 1 saturated heterocycles. The van der Waals surface area contributed by atoms with Crippen LogP contribution in [0, 0.1) is 0 Å². The Hall–Kier alpha value is 0.310. The Morgan fingerprint density at radius 1 is 1.50 bits per heavy atom. The van der Waals surface area contributed by atoms with Crippen molar-refractivity contribution in [3.8, 4) is 0 Å². The highest BCUT2D eigenvalue weighted by atomic mass is 32.1. The van der Waals surface area contributed by atoms with Crippen LogP contribution in [0.25, 0.3) is 0 Å². The summed E-state index contributed by atoms with van der Waals surface area (Å²) in [4.78, 5) is 0. The number of hydrogen-bond donors (Lipinski definition) is 1. The highest BCUT2D eigenvalue weighted by Gasteiger charge is 2.30. The summed E-state index contributed by atoms with van der Waals surface area (Å²) < 4.78 is 1.10. The average Bonchev–Trinajstić information content (AvgIpc) is 1.86. The Labute approximate surface area is 56.7 Å². The minimum absolute atomic E-state index is 0.593. The van der Waals surface area contributed by atoms with Gasteiger partial charge in [0, 0.05) is 12.8 Å². The lowest BCUT2D eigenvalue weighted by atomic mass is 10.4. The highest BCUT2D eigenvalue weighted by Crippen LogP contribution is 2.23. The van der Waals surface area contributed by atoms with Crippen molar-refractivity contribution in [2.24, 2.45) is 0 Å². The third-order valence-electron chi connectivity index (χ3n) is 2.00. The first-order chi connectivity index (χ1) is 3.63. The van der Waals surface area contributed by atoms with Gasteiger partial charge in [0.05, 0.1) is 20.6 Å². The Morgan fingerprint density at radius 3 is 2.25 bits per heavy atom. The van der Waals surface area contributed by atoms with E-state index in [1.807, 2.05) is 0 Å². The van der Waals surface area contributed by atoms with Crippen molar-refractivity contribution in [3.05, 3.63) is 0 Å². The second kappa shape index (κ2) is 1.92. The van der Waals surface area contributed by atoms with Crippen molar-refractivity contribution in [1.82, 2.24) is 0 Å². The quantitative estimate of drug-likeness (QED) is 0.370. The van der Waals surface area contributed by atoms with Crippen LogP contribution >= 0.6 is 12.6 Å². The van der Waals surface area contributed by atoms with Crippen LogP contribution < -0.4 is 0 Å². The van der Waals surface area contributed by atoms with E-state index in [4.69, 9.17) is 0 Å². The first-order valence-corrected chi connectivity index (χ1v) is 3.65. The van der Waals surface area contributed by atoms with E-state index in [1.165, 1.54) is 19.4 Å².